The molecule has 0 aliphatic rings. The SMILES string of the molecule is CCOC(c1ncc(CBr)c(C(C)C)n1)C(C)C. The summed E-state index contributed by atoms with van der Waals surface area (Å²) < 4.78 is 5.76. The minimum absolute atomic E-state index is 0.0168. The number of hydrogen-bond donors (Lipinski definition) is 0. The highest BCUT2D eigenvalue weighted by Gasteiger charge is 2.21. The van der Waals surface area contributed by atoms with Crippen LogP contribution in [0.1, 0.15) is 63.7 Å². The Morgan fingerprint density at radius 1 is 1.28 bits per heavy atom. The average molecular weight is 315 g/mol. The van der Waals surface area contributed by atoms with Crippen LogP contribution in [0, 0.1) is 5.92 Å². The number of nitrogens with zero attached hydrogens (tertiary/aromatic N) is 2. The van der Waals surface area contributed by atoms with E-state index in [2.05, 4.69) is 48.6 Å². The summed E-state index contributed by atoms with van der Waals surface area (Å²) in [5.74, 6) is 1.58. The molecule has 18 heavy (non-hydrogen) atoms. The molecule has 0 N–H and O–H groups in total. The van der Waals surface area contributed by atoms with Crippen LogP contribution in [-0.4, -0.2) is 16.6 Å². The zero-order valence-electron chi connectivity index (χ0n) is 11.9. The number of aromatic nitrogens is 2. The predicted octanol–water partition coefficient (Wildman–Crippen LogP) is 4.23. The van der Waals surface area contributed by atoms with Gasteiger partial charge in [-0.05, 0) is 18.8 Å². The quantitative estimate of drug-likeness (QED) is 0.737. The zero-order chi connectivity index (χ0) is 13.7. The Hall–Kier alpha value is -0.480. The summed E-state index contributed by atoms with van der Waals surface area (Å²) in [5, 5.41) is 0.793. The van der Waals surface area contributed by atoms with Crippen molar-refractivity contribution >= 4 is 15.9 Å². The van der Waals surface area contributed by atoms with Gasteiger partial charge >= 0.3 is 0 Å². The van der Waals surface area contributed by atoms with Crippen molar-refractivity contribution in [2.75, 3.05) is 6.61 Å². The summed E-state index contributed by atoms with van der Waals surface area (Å²) in [6.07, 6.45) is 1.90. The third kappa shape index (κ3) is 3.75. The lowest BCUT2D eigenvalue weighted by Gasteiger charge is -2.21. The lowest BCUT2D eigenvalue weighted by atomic mass is 10.0. The highest BCUT2D eigenvalue weighted by Crippen LogP contribution is 2.26. The predicted molar refractivity (Wildman–Crippen MR) is 78.0 cm³/mol. The zero-order valence-corrected chi connectivity index (χ0v) is 13.5. The second-order valence-corrected chi connectivity index (χ2v) is 5.61. The topological polar surface area (TPSA) is 35.0 Å². The fourth-order valence-electron chi connectivity index (χ4n) is 1.92. The Balaban J connectivity index is 3.12. The van der Waals surface area contributed by atoms with Gasteiger partial charge in [-0.15, -0.1) is 0 Å². The molecule has 4 heteroatoms. The Bertz CT molecular complexity index is 380. The van der Waals surface area contributed by atoms with Crippen LogP contribution >= 0.6 is 15.9 Å². The van der Waals surface area contributed by atoms with Crippen LogP contribution < -0.4 is 0 Å². The second-order valence-electron chi connectivity index (χ2n) is 5.05. The molecule has 0 bridgehead atoms. The van der Waals surface area contributed by atoms with Gasteiger partial charge in [0.2, 0.25) is 0 Å². The van der Waals surface area contributed by atoms with Gasteiger partial charge in [-0.3, -0.25) is 0 Å². The van der Waals surface area contributed by atoms with Gasteiger partial charge in [0.1, 0.15) is 6.10 Å². The molecule has 0 radical (unpaired) electrons. The van der Waals surface area contributed by atoms with Gasteiger partial charge in [-0.25, -0.2) is 9.97 Å². The van der Waals surface area contributed by atoms with E-state index in [0.717, 1.165) is 22.4 Å². The molecule has 0 saturated heterocycles. The van der Waals surface area contributed by atoms with Crippen molar-refractivity contribution in [1.29, 1.82) is 0 Å². The molecule has 1 unspecified atom stereocenters. The highest BCUT2D eigenvalue weighted by atomic mass is 79.9. The van der Waals surface area contributed by atoms with E-state index >= 15 is 0 Å². The molecule has 0 aliphatic heterocycles. The third-order valence-electron chi connectivity index (χ3n) is 2.81. The molecule has 1 atom stereocenters. The molecule has 3 nitrogen and oxygen atoms in total. The van der Waals surface area contributed by atoms with Gasteiger partial charge in [-0.2, -0.15) is 0 Å². The first-order valence-electron chi connectivity index (χ1n) is 6.54. The Morgan fingerprint density at radius 2 is 1.94 bits per heavy atom. The standard InChI is InChI=1S/C14H23BrN2O/c1-6-18-13(10(4)5)14-16-8-11(7-15)12(17-14)9(2)3/h8-10,13H,6-7H2,1-5H3. The van der Waals surface area contributed by atoms with E-state index in [1.54, 1.807) is 0 Å². The van der Waals surface area contributed by atoms with Crippen molar-refractivity contribution in [2.45, 2.75) is 52.0 Å². The van der Waals surface area contributed by atoms with Crippen molar-refractivity contribution in [1.82, 2.24) is 9.97 Å². The molecule has 0 aliphatic carbocycles. The molecule has 102 valence electrons. The monoisotopic (exact) mass is 314 g/mol. The maximum atomic E-state index is 5.76. The maximum absolute atomic E-state index is 5.76. The van der Waals surface area contributed by atoms with Gasteiger partial charge < -0.3 is 4.74 Å². The van der Waals surface area contributed by atoms with Gasteiger partial charge in [-0.1, -0.05) is 43.6 Å². The number of halogens is 1. The van der Waals surface area contributed by atoms with E-state index in [9.17, 15) is 0 Å². The smallest absolute Gasteiger partial charge is 0.157 e. The number of alkyl halides is 1. The van der Waals surface area contributed by atoms with E-state index in [1.807, 2.05) is 13.1 Å². The molecular formula is C14H23BrN2O. The number of hydrogen-bond acceptors (Lipinski definition) is 3. The average Bonchev–Trinajstić information content (AvgIpc) is 2.34. The first-order chi connectivity index (χ1) is 8.51. The van der Waals surface area contributed by atoms with Gasteiger partial charge in [0.15, 0.2) is 5.82 Å². The maximum Gasteiger partial charge on any atom is 0.157 e. The van der Waals surface area contributed by atoms with Crippen molar-refractivity contribution in [2.24, 2.45) is 5.92 Å². The molecule has 0 spiro atoms. The van der Waals surface area contributed by atoms with Crippen LogP contribution in [0.2, 0.25) is 0 Å². The van der Waals surface area contributed by atoms with Crippen molar-refractivity contribution in [3.63, 3.8) is 0 Å². The number of ether oxygens (including phenoxy) is 1. The summed E-state index contributed by atoms with van der Waals surface area (Å²) in [4.78, 5) is 9.18. The molecular weight excluding hydrogens is 292 g/mol. The second kappa shape index (κ2) is 7.19. The van der Waals surface area contributed by atoms with Crippen LogP contribution in [0.3, 0.4) is 0 Å². The van der Waals surface area contributed by atoms with Gasteiger partial charge in [0.25, 0.3) is 0 Å². The first-order valence-corrected chi connectivity index (χ1v) is 7.66. The summed E-state index contributed by atoms with van der Waals surface area (Å²) in [7, 11) is 0. The Morgan fingerprint density at radius 3 is 2.39 bits per heavy atom. The minimum atomic E-state index is -0.0168. The van der Waals surface area contributed by atoms with Gasteiger partial charge in [0, 0.05) is 23.7 Å². The van der Waals surface area contributed by atoms with Crippen LogP contribution in [-0.2, 0) is 10.1 Å². The summed E-state index contributed by atoms with van der Waals surface area (Å²) in [6, 6.07) is 0. The fourth-order valence-corrected chi connectivity index (χ4v) is 2.35. The molecule has 1 heterocycles. The normalized spacial score (nSPS) is 13.3. The molecule has 1 aromatic heterocycles. The fraction of sp³-hybridized carbons (Fsp3) is 0.714. The molecule has 1 aromatic rings. The number of rotatable bonds is 6. The van der Waals surface area contributed by atoms with Crippen LogP contribution in [0.25, 0.3) is 0 Å². The molecule has 0 saturated carbocycles. The third-order valence-corrected chi connectivity index (χ3v) is 3.42. The van der Waals surface area contributed by atoms with Crippen molar-refractivity contribution in [3.8, 4) is 0 Å². The molecule has 0 amide bonds. The largest absolute Gasteiger partial charge is 0.370 e. The summed E-state index contributed by atoms with van der Waals surface area (Å²) in [5.41, 5.74) is 2.27. The van der Waals surface area contributed by atoms with E-state index in [-0.39, 0.29) is 6.10 Å². The lowest BCUT2D eigenvalue weighted by molar-refractivity contribution is 0.0230. The van der Waals surface area contributed by atoms with E-state index in [4.69, 9.17) is 9.72 Å². The van der Waals surface area contributed by atoms with E-state index in [1.165, 1.54) is 0 Å². The van der Waals surface area contributed by atoms with Crippen molar-refractivity contribution < 1.29 is 4.74 Å². The Kier molecular flexibility index (Phi) is 6.22. The summed E-state index contributed by atoms with van der Waals surface area (Å²) in [6.45, 7) is 11.3. The highest BCUT2D eigenvalue weighted by molar-refractivity contribution is 9.08. The minimum Gasteiger partial charge on any atom is -0.370 e. The summed E-state index contributed by atoms with van der Waals surface area (Å²) >= 11 is 3.49. The van der Waals surface area contributed by atoms with Crippen LogP contribution in [0.15, 0.2) is 6.20 Å². The molecule has 0 aromatic carbocycles. The van der Waals surface area contributed by atoms with Crippen LogP contribution in [0.4, 0.5) is 0 Å². The Labute approximate surface area is 119 Å². The van der Waals surface area contributed by atoms with Crippen LogP contribution in [0.5, 0.6) is 0 Å². The van der Waals surface area contributed by atoms with E-state index in [0.29, 0.717) is 18.4 Å². The van der Waals surface area contributed by atoms with E-state index < -0.39 is 0 Å². The van der Waals surface area contributed by atoms with Crippen molar-refractivity contribution in [3.05, 3.63) is 23.3 Å². The lowest BCUT2D eigenvalue weighted by Crippen LogP contribution is -2.16. The first kappa shape index (κ1) is 15.6. The molecule has 0 fully saturated rings. The van der Waals surface area contributed by atoms with Gasteiger partial charge in [0.05, 0.1) is 5.69 Å². The molecule has 1 rings (SSSR count).